The number of hydrogen-bond donors (Lipinski definition) is 4. The third-order valence-electron chi connectivity index (χ3n) is 21.2. The zero-order chi connectivity index (χ0) is 95.8. The van der Waals surface area contributed by atoms with Gasteiger partial charge in [-0.1, -0.05) is 97.1 Å². The first-order valence-electron chi connectivity index (χ1n) is 43.3. The van der Waals surface area contributed by atoms with Crippen molar-refractivity contribution in [3.05, 3.63) is 353 Å². The van der Waals surface area contributed by atoms with Crippen LogP contribution in [0.15, 0.2) is 218 Å². The van der Waals surface area contributed by atoms with Crippen LogP contribution in [0, 0.1) is 90.0 Å². The van der Waals surface area contributed by atoms with E-state index in [2.05, 4.69) is 65.5 Å². The van der Waals surface area contributed by atoms with Crippen molar-refractivity contribution in [2.45, 2.75) is 169 Å². The quantitative estimate of drug-likeness (QED) is 0.0185. The smallest absolute Gasteiger partial charge is 0.407 e. The van der Waals surface area contributed by atoms with Gasteiger partial charge in [0, 0.05) is 66.9 Å². The molecule has 3 aliphatic carbocycles. The molecule has 3 saturated carbocycles. The normalized spacial score (nSPS) is 13.2. The summed E-state index contributed by atoms with van der Waals surface area (Å²) >= 11 is 6.67. The molecule has 0 bridgehead atoms. The summed E-state index contributed by atoms with van der Waals surface area (Å²) in [4.78, 5) is 64.8. The molecule has 3 aromatic heterocycles. The van der Waals surface area contributed by atoms with Crippen LogP contribution in [-0.2, 0) is 67.1 Å². The number of aliphatic hydroxyl groups is 1. The largest absolute Gasteiger partial charge is 0.444 e. The monoisotopic (exact) mass is 1910 g/mol. The van der Waals surface area contributed by atoms with Crippen LogP contribution in [0.3, 0.4) is 0 Å². The summed E-state index contributed by atoms with van der Waals surface area (Å²) in [6, 6.07) is 68.9. The predicted octanol–water partition coefficient (Wildman–Crippen LogP) is 21.6. The van der Waals surface area contributed by atoms with Gasteiger partial charge in [0.15, 0.2) is 17.3 Å². The molecule has 23 nitrogen and oxygen atoms in total. The van der Waals surface area contributed by atoms with E-state index in [9.17, 15) is 44.1 Å². The summed E-state index contributed by atoms with van der Waals surface area (Å²) in [7, 11) is 7.36. The fourth-order valence-corrected chi connectivity index (χ4v) is 14.4. The second-order valence-corrected chi connectivity index (χ2v) is 37.7. The predicted molar refractivity (Wildman–Crippen MR) is 511 cm³/mol. The Labute approximate surface area is 800 Å². The zero-order valence-electron chi connectivity index (χ0n) is 75.6. The Bertz CT molecular complexity index is 6310. The van der Waals surface area contributed by atoms with Crippen LogP contribution in [0.4, 0.5) is 22.8 Å². The van der Waals surface area contributed by atoms with Gasteiger partial charge in [-0.2, -0.15) is 31.1 Å². The van der Waals surface area contributed by atoms with Crippen molar-refractivity contribution in [1.29, 1.82) is 15.8 Å². The Morgan fingerprint density at radius 1 is 0.463 bits per heavy atom. The SMILES string of the molecule is Cc1cc(C(=O)Cc2cc(C(Cl)c3cccc(C#N)c3)ccc2F)n(-c2cccc(CNC(=O)OC(C)(C)C)c2)n1.Cc1cc(C(=O)Cc2cc(C(OCC3CC3)c3cccc(C#N)c3)ccc2F)n(-c2cccc(CN)c2)n1.Cc1cc(C(=O)Cc2cc(C(OCC3CC3)c3cccc(C#N)c3)ccc2F)n(-c2cccc(CNC(=O)OC(C)(C)C)c2)n1.Cl.O=S(Cl)Cl.OCC1CC1. The van der Waals surface area contributed by atoms with Gasteiger partial charge >= 0.3 is 12.2 Å². The van der Waals surface area contributed by atoms with Gasteiger partial charge < -0.3 is 40.4 Å². The molecule has 2 amide bonds. The lowest BCUT2D eigenvalue weighted by atomic mass is 9.96. The minimum atomic E-state index is -1.67. The Kier molecular flexibility index (Phi) is 37.5. The van der Waals surface area contributed by atoms with Crippen molar-refractivity contribution in [3.8, 4) is 35.3 Å². The highest BCUT2D eigenvalue weighted by Gasteiger charge is 2.31. The molecule has 3 unspecified atom stereocenters. The minimum Gasteiger partial charge on any atom is -0.444 e. The number of carbonyl (C=O) groups excluding carboxylic acids is 5. The molecule has 3 aliphatic rings. The molecular weight excluding hydrogens is 1810 g/mol. The third kappa shape index (κ3) is 31.3. The number of benzene rings is 9. The highest BCUT2D eigenvalue weighted by Crippen LogP contribution is 2.38. The van der Waals surface area contributed by atoms with E-state index < -0.39 is 67.7 Å². The van der Waals surface area contributed by atoms with Gasteiger partial charge in [-0.25, -0.2) is 41.0 Å². The fourth-order valence-electron chi connectivity index (χ4n) is 14.1. The van der Waals surface area contributed by atoms with Gasteiger partial charge in [0.2, 0.25) is 9.23 Å². The summed E-state index contributed by atoms with van der Waals surface area (Å²) in [5.74, 6) is -0.616. The van der Waals surface area contributed by atoms with Gasteiger partial charge in [0.05, 0.1) is 87.6 Å². The number of alkyl halides is 1. The number of Topliss-reactive ketones (excluding diaryl/α,β-unsaturated/α-hetero) is 3. The number of hydrogen-bond acceptors (Lipinski definition) is 18. The van der Waals surface area contributed by atoms with Crippen LogP contribution < -0.4 is 16.4 Å². The van der Waals surface area contributed by atoms with Crippen molar-refractivity contribution in [2.75, 3.05) is 19.8 Å². The molecule has 9 aromatic carbocycles. The van der Waals surface area contributed by atoms with Crippen LogP contribution >= 0.6 is 45.4 Å². The van der Waals surface area contributed by atoms with Gasteiger partial charge in [0.1, 0.15) is 57.9 Å². The first-order chi connectivity index (χ1) is 63.5. The van der Waals surface area contributed by atoms with Gasteiger partial charge in [0.25, 0.3) is 0 Å². The van der Waals surface area contributed by atoms with Crippen LogP contribution in [0.2, 0.25) is 0 Å². The maximum Gasteiger partial charge on any atom is 0.407 e. The molecule has 0 radical (unpaired) electrons. The van der Waals surface area contributed by atoms with Crippen LogP contribution in [-0.4, -0.2) is 99.2 Å². The number of ether oxygens (including phenoxy) is 4. The number of alkyl carbamates (subject to hydrolysis) is 2. The summed E-state index contributed by atoms with van der Waals surface area (Å²) in [6.07, 6.45) is 4.48. The van der Waals surface area contributed by atoms with Crippen LogP contribution in [0.25, 0.3) is 17.1 Å². The number of nitrogens with zero attached hydrogens (tertiary/aromatic N) is 9. The molecule has 3 heterocycles. The van der Waals surface area contributed by atoms with E-state index in [1.54, 1.807) is 186 Å². The molecule has 5 N–H and O–H groups in total. The molecule has 12 aromatic rings. The third-order valence-corrected chi connectivity index (χ3v) is 21.7. The average Bonchev–Trinajstić information content (AvgIpc) is 1.57. The van der Waals surface area contributed by atoms with Crippen molar-refractivity contribution in [3.63, 3.8) is 0 Å². The van der Waals surface area contributed by atoms with Crippen LogP contribution in [0.5, 0.6) is 0 Å². The lowest BCUT2D eigenvalue weighted by Gasteiger charge is -2.20. The summed E-state index contributed by atoms with van der Waals surface area (Å²) in [5, 5.41) is 54.6. The van der Waals surface area contributed by atoms with Gasteiger partial charge in [-0.05, 0) is 307 Å². The van der Waals surface area contributed by atoms with Crippen LogP contribution in [0.1, 0.15) is 230 Å². The number of rotatable bonds is 30. The number of aryl methyl sites for hydroxylation is 3. The molecule has 3 atom stereocenters. The van der Waals surface area contributed by atoms with E-state index in [4.69, 9.17) is 45.6 Å². The molecule has 0 saturated heterocycles. The Balaban J connectivity index is 0.000000198. The lowest BCUT2D eigenvalue weighted by molar-refractivity contribution is 0.0512. The maximum atomic E-state index is 15.2. The zero-order valence-corrected chi connectivity index (χ0v) is 79.5. The maximum absolute atomic E-state index is 15.2. The molecule has 134 heavy (non-hydrogen) atoms. The first kappa shape index (κ1) is 104. The van der Waals surface area contributed by atoms with E-state index in [1.807, 2.05) is 85.8 Å². The summed E-state index contributed by atoms with van der Waals surface area (Å²) in [5.41, 5.74) is 18.6. The number of aromatic nitrogens is 6. The molecule has 3 fully saturated rings. The molecular formula is C103H105Cl4F3N12O11S. The number of nitriles is 3. The Morgan fingerprint density at radius 3 is 1.08 bits per heavy atom. The number of nitrogens with one attached hydrogen (secondary N) is 2. The number of carbonyl (C=O) groups is 5. The minimum absolute atomic E-state index is 0. The average molecular weight is 1920 g/mol. The van der Waals surface area contributed by atoms with E-state index in [0.717, 1.165) is 64.8 Å². The highest BCUT2D eigenvalue weighted by molar-refractivity contribution is 8.26. The van der Waals surface area contributed by atoms with Gasteiger partial charge in [-0.15, -0.1) is 24.0 Å². The topological polar surface area (TPSA) is 334 Å². The Hall–Kier alpha value is -12.4. The Morgan fingerprint density at radius 2 is 0.761 bits per heavy atom. The van der Waals surface area contributed by atoms with Crippen molar-refractivity contribution < 1.29 is 65.4 Å². The number of nitrogens with two attached hydrogens (primary N) is 1. The van der Waals surface area contributed by atoms with E-state index in [0.29, 0.717) is 123 Å². The fraction of sp³-hybridized carbons (Fsp3) is 0.311. The van der Waals surface area contributed by atoms with Gasteiger partial charge in [-0.3, -0.25) is 14.4 Å². The molecule has 0 aliphatic heterocycles. The summed E-state index contributed by atoms with van der Waals surface area (Å²) in [6.45, 7) is 18.5. The number of halogens is 7. The highest BCUT2D eigenvalue weighted by atomic mass is 36.0. The lowest BCUT2D eigenvalue weighted by Crippen LogP contribution is -2.32. The van der Waals surface area contributed by atoms with Crippen molar-refractivity contribution in [2.24, 2.45) is 23.5 Å². The summed E-state index contributed by atoms with van der Waals surface area (Å²) < 4.78 is 82.0. The van der Waals surface area contributed by atoms with E-state index >= 15 is 8.78 Å². The molecule has 31 heteroatoms. The molecule has 0 spiro atoms. The van der Waals surface area contributed by atoms with E-state index in [1.165, 1.54) is 35.7 Å². The van der Waals surface area contributed by atoms with E-state index in [-0.39, 0.29) is 78.8 Å². The standard InChI is InChI=1S/C36H37FN4O4.C32H30ClFN4O3.C31H29FN4O2.C4H8O.Cl2OS.ClH/c1-23-15-32(41(40-23)30-10-6-8-26(17-30)21-39-35(43)45-36(2,3)4)33(42)19-29-18-28(13-14-31(29)37)34(44-22-24-11-12-24)27-9-5-7-25(16-27)20-38;1-20-13-28(38(37-20)26-10-6-8-22(15-26)19-36-31(40)41-32(2,3)4)29(39)17-25-16-24(11-12-27(25)34)30(33)23-9-5-7-21(14-23)18-35;1-20-12-29(36(35-20)27-7-3-5-23(14-27)18-34)30(37)16-26-15-25(10-11-28(26)32)31(38-19-21-8-9-21)24-6-2-4-22(13-24)17-33;5-3-4-1-2-4;1-4(2)3;/h5-10,13-18,24,34H,11-12,19,21-22H2,1-4H3,(H,39,43);5-16,30H,17,19H2,1-4H3,(H,36,40);2-7,10-15,21,31H,8-9,16,18-19,34H2,1H3;4-5H,1-3H2;;1H. The van der Waals surface area contributed by atoms with Crippen molar-refractivity contribution >= 4 is 84.1 Å². The number of aliphatic hydroxyl groups excluding tert-OH is 1. The first-order valence-corrected chi connectivity index (χ1v) is 46.6. The molecule has 15 rings (SSSR count). The number of ketones is 3. The second kappa shape index (κ2) is 48.5. The second-order valence-electron chi connectivity index (χ2n) is 34.7. The number of amides is 2. The van der Waals surface area contributed by atoms with Crippen molar-refractivity contribution in [1.82, 2.24) is 40.0 Å². The molecule has 698 valence electrons.